The third-order valence-corrected chi connectivity index (χ3v) is 14.6. The van der Waals surface area contributed by atoms with Crippen LogP contribution in [-0.2, 0) is 23.7 Å². The molecule has 0 radical (unpaired) electrons. The number of hydrogen-bond acceptors (Lipinski definition) is 0. The minimum atomic E-state index is -0.0837. The van der Waals surface area contributed by atoms with Crippen molar-refractivity contribution in [3.05, 3.63) is 166 Å². The standard InChI is InChI=1S/C58H56N2/c1-9-11-13-37-17-21-41-43-23-19-39(31-51(43)57(5,6)49(41)29-37)59-53-25-15-35(3)27-45(53)47-34-56-48(33-55(47)59)46-28-36(4)16-26-54(46)60(56)40-20-24-44-42-22-18-38(14-12-10-2)30-50(42)58(7,8)52(44)32-40/h15-34H,9-14H2,1-8H3. The highest BCUT2D eigenvalue weighted by molar-refractivity contribution is 6.19. The monoisotopic (exact) mass is 780 g/mol. The van der Waals surface area contributed by atoms with Crippen molar-refractivity contribution in [2.45, 2.75) is 105 Å². The van der Waals surface area contributed by atoms with Gasteiger partial charge in [-0.1, -0.05) is 126 Å². The summed E-state index contributed by atoms with van der Waals surface area (Å²) in [6, 6.07) is 48.0. The molecule has 2 aliphatic rings. The molecule has 2 heteroatoms. The maximum absolute atomic E-state index is 2.54. The fraction of sp³-hybridized carbons (Fsp3) is 0.276. The third-order valence-electron chi connectivity index (χ3n) is 14.6. The largest absolute Gasteiger partial charge is 0.309 e. The Labute approximate surface area is 355 Å². The predicted molar refractivity (Wildman–Crippen MR) is 257 cm³/mol. The highest BCUT2D eigenvalue weighted by atomic mass is 15.0. The van der Waals surface area contributed by atoms with Crippen LogP contribution >= 0.6 is 0 Å². The maximum Gasteiger partial charge on any atom is 0.0548 e. The van der Waals surface area contributed by atoms with Crippen LogP contribution in [0.5, 0.6) is 0 Å². The highest BCUT2D eigenvalue weighted by Crippen LogP contribution is 2.52. The van der Waals surface area contributed by atoms with E-state index in [1.54, 1.807) is 0 Å². The summed E-state index contributed by atoms with van der Waals surface area (Å²) in [5.41, 5.74) is 24.0. The Kier molecular flexibility index (Phi) is 8.25. The number of rotatable bonds is 8. The molecule has 0 N–H and O–H groups in total. The van der Waals surface area contributed by atoms with Crippen LogP contribution in [0.4, 0.5) is 0 Å². The van der Waals surface area contributed by atoms with E-state index in [0.29, 0.717) is 0 Å². The molecular formula is C58H56N2. The Morgan fingerprint density at radius 2 is 0.750 bits per heavy atom. The van der Waals surface area contributed by atoms with Crippen molar-refractivity contribution < 1.29 is 0 Å². The van der Waals surface area contributed by atoms with Gasteiger partial charge in [0.15, 0.2) is 0 Å². The molecule has 2 aliphatic carbocycles. The van der Waals surface area contributed by atoms with Gasteiger partial charge in [0.1, 0.15) is 0 Å². The van der Waals surface area contributed by atoms with Crippen LogP contribution in [-0.4, -0.2) is 9.13 Å². The van der Waals surface area contributed by atoms with Gasteiger partial charge in [-0.05, 0) is 156 Å². The van der Waals surface area contributed by atoms with Crippen molar-refractivity contribution in [2.75, 3.05) is 0 Å². The first kappa shape index (κ1) is 37.2. The van der Waals surface area contributed by atoms with E-state index in [1.165, 1.54) is 147 Å². The lowest BCUT2D eigenvalue weighted by atomic mass is 9.81. The van der Waals surface area contributed by atoms with Crippen molar-refractivity contribution in [2.24, 2.45) is 0 Å². The van der Waals surface area contributed by atoms with Crippen LogP contribution in [0, 0.1) is 13.8 Å². The van der Waals surface area contributed by atoms with E-state index in [0.717, 1.165) is 12.8 Å². The molecule has 0 bridgehead atoms. The number of nitrogens with zero attached hydrogens (tertiary/aromatic N) is 2. The second-order valence-corrected chi connectivity index (χ2v) is 19.3. The van der Waals surface area contributed by atoms with Crippen molar-refractivity contribution in [1.29, 1.82) is 0 Å². The molecular weight excluding hydrogens is 725 g/mol. The Morgan fingerprint density at radius 3 is 1.15 bits per heavy atom. The van der Waals surface area contributed by atoms with E-state index in [9.17, 15) is 0 Å². The Morgan fingerprint density at radius 1 is 0.383 bits per heavy atom. The number of benzene rings is 7. The van der Waals surface area contributed by atoms with Gasteiger partial charge in [0.25, 0.3) is 0 Å². The zero-order valence-corrected chi connectivity index (χ0v) is 36.7. The number of hydrogen-bond donors (Lipinski definition) is 0. The summed E-state index contributed by atoms with van der Waals surface area (Å²) in [7, 11) is 0. The molecule has 0 atom stereocenters. The number of aryl methyl sites for hydroxylation is 4. The topological polar surface area (TPSA) is 9.86 Å². The number of unbranched alkanes of at least 4 members (excludes halogenated alkanes) is 2. The normalized spacial score (nSPS) is 14.7. The van der Waals surface area contributed by atoms with E-state index < -0.39 is 0 Å². The van der Waals surface area contributed by atoms with Gasteiger partial charge in [-0.15, -0.1) is 0 Å². The second-order valence-electron chi connectivity index (χ2n) is 19.3. The molecule has 0 fully saturated rings. The van der Waals surface area contributed by atoms with E-state index >= 15 is 0 Å². The van der Waals surface area contributed by atoms with Gasteiger partial charge in [0.2, 0.25) is 0 Å². The second kappa shape index (κ2) is 13.3. The van der Waals surface area contributed by atoms with Crippen LogP contribution < -0.4 is 0 Å². The van der Waals surface area contributed by atoms with Crippen LogP contribution in [0.25, 0.3) is 77.2 Å². The van der Waals surface area contributed by atoms with Crippen LogP contribution in [0.2, 0.25) is 0 Å². The van der Waals surface area contributed by atoms with Crippen LogP contribution in [0.3, 0.4) is 0 Å². The van der Waals surface area contributed by atoms with Crippen LogP contribution in [0.15, 0.2) is 121 Å². The molecule has 0 spiro atoms. The van der Waals surface area contributed by atoms with Gasteiger partial charge < -0.3 is 9.13 Å². The summed E-state index contributed by atoms with van der Waals surface area (Å²) in [6.45, 7) is 18.7. The van der Waals surface area contributed by atoms with E-state index in [4.69, 9.17) is 0 Å². The van der Waals surface area contributed by atoms with Crippen LogP contribution in [0.1, 0.15) is 112 Å². The van der Waals surface area contributed by atoms with E-state index in [-0.39, 0.29) is 10.8 Å². The molecule has 7 aromatic carbocycles. The molecule has 2 heterocycles. The average Bonchev–Trinajstić information content (AvgIpc) is 3.88. The van der Waals surface area contributed by atoms with Crippen molar-refractivity contribution in [1.82, 2.24) is 9.13 Å². The minimum absolute atomic E-state index is 0.0837. The molecule has 0 saturated heterocycles. The fourth-order valence-electron chi connectivity index (χ4n) is 11.2. The molecule has 0 aliphatic heterocycles. The quantitative estimate of drug-likeness (QED) is 0.145. The molecule has 60 heavy (non-hydrogen) atoms. The lowest BCUT2D eigenvalue weighted by molar-refractivity contribution is 0.657. The molecule has 0 unspecified atom stereocenters. The van der Waals surface area contributed by atoms with Gasteiger partial charge in [0.05, 0.1) is 22.1 Å². The lowest BCUT2D eigenvalue weighted by Crippen LogP contribution is -2.15. The molecule has 2 nitrogen and oxygen atoms in total. The van der Waals surface area contributed by atoms with Gasteiger partial charge in [-0.25, -0.2) is 0 Å². The zero-order chi connectivity index (χ0) is 41.2. The smallest absolute Gasteiger partial charge is 0.0548 e. The third kappa shape index (κ3) is 5.32. The molecule has 0 saturated carbocycles. The SMILES string of the molecule is CCCCc1ccc2c(c1)C(C)(C)c1cc(-n3c4ccc(C)cc4c4cc5c(cc43)c3cc(C)ccc3n5-c3ccc4c(c3)C(C)(C)c3cc(CCCC)ccc3-4)ccc1-2. The number of fused-ring (bicyclic) bond motifs is 12. The van der Waals surface area contributed by atoms with Gasteiger partial charge >= 0.3 is 0 Å². The van der Waals surface area contributed by atoms with Gasteiger partial charge in [-0.2, -0.15) is 0 Å². The summed E-state index contributed by atoms with van der Waals surface area (Å²) in [5, 5.41) is 5.18. The first-order valence-corrected chi connectivity index (χ1v) is 22.5. The first-order chi connectivity index (χ1) is 29.0. The van der Waals surface area contributed by atoms with E-state index in [1.807, 2.05) is 0 Å². The fourth-order valence-corrected chi connectivity index (χ4v) is 11.2. The Bertz CT molecular complexity index is 3030. The summed E-state index contributed by atoms with van der Waals surface area (Å²) < 4.78 is 5.08. The molecule has 0 amide bonds. The molecule has 298 valence electrons. The summed E-state index contributed by atoms with van der Waals surface area (Å²) in [6.07, 6.45) is 7.19. The highest BCUT2D eigenvalue weighted by Gasteiger charge is 2.37. The number of aromatic nitrogens is 2. The van der Waals surface area contributed by atoms with Crippen molar-refractivity contribution in [3.63, 3.8) is 0 Å². The lowest BCUT2D eigenvalue weighted by Gasteiger charge is -2.23. The van der Waals surface area contributed by atoms with Gasteiger partial charge in [-0.3, -0.25) is 0 Å². The molecule has 11 rings (SSSR count). The van der Waals surface area contributed by atoms with Crippen molar-refractivity contribution >= 4 is 43.6 Å². The van der Waals surface area contributed by atoms with Crippen molar-refractivity contribution in [3.8, 4) is 33.6 Å². The summed E-state index contributed by atoms with van der Waals surface area (Å²) in [4.78, 5) is 0. The minimum Gasteiger partial charge on any atom is -0.309 e. The molecule has 2 aromatic heterocycles. The summed E-state index contributed by atoms with van der Waals surface area (Å²) in [5.74, 6) is 0. The first-order valence-electron chi connectivity index (χ1n) is 22.5. The zero-order valence-electron chi connectivity index (χ0n) is 36.7. The molecule has 9 aromatic rings. The summed E-state index contributed by atoms with van der Waals surface area (Å²) >= 11 is 0. The Balaban J connectivity index is 1.11. The van der Waals surface area contributed by atoms with E-state index in [2.05, 4.69) is 186 Å². The Hall–Kier alpha value is -5.86. The average molecular weight is 781 g/mol. The maximum atomic E-state index is 2.54. The predicted octanol–water partition coefficient (Wildman–Crippen LogP) is 15.8. The van der Waals surface area contributed by atoms with Gasteiger partial charge in [0, 0.05) is 43.7 Å².